The number of unbranched alkanes of at least 4 members (excludes halogenated alkanes) is 5. The molecule has 1 aromatic carbocycles. The molecule has 0 amide bonds. The minimum Gasteiger partial charge on any atom is -0.0839 e. The Morgan fingerprint density at radius 2 is 1.67 bits per heavy atom. The third-order valence-corrected chi connectivity index (χ3v) is 2.43. The van der Waals surface area contributed by atoms with E-state index in [2.05, 4.69) is 36.4 Å². The average Bonchev–Trinajstić information content (AvgIpc) is 2.29. The zero-order chi connectivity index (χ0) is 10.8. The van der Waals surface area contributed by atoms with Crippen molar-refractivity contribution in [1.29, 1.82) is 0 Å². The number of hydrogen-bond donors (Lipinski definition) is 0. The molecule has 0 spiro atoms. The summed E-state index contributed by atoms with van der Waals surface area (Å²) in [7, 11) is 0. The lowest BCUT2D eigenvalue weighted by Gasteiger charge is -1.96. The Morgan fingerprint density at radius 3 is 2.40 bits per heavy atom. The minimum absolute atomic E-state index is 0.833. The summed E-state index contributed by atoms with van der Waals surface area (Å²) in [4.78, 5) is 0. The molecule has 0 nitrogen and oxygen atoms in total. The highest BCUT2D eigenvalue weighted by Gasteiger charge is 1.87. The van der Waals surface area contributed by atoms with Crippen LogP contribution in [0.4, 0.5) is 0 Å². The Balaban J connectivity index is 2.07. The molecule has 0 saturated heterocycles. The first kappa shape index (κ1) is 12.0. The summed E-state index contributed by atoms with van der Waals surface area (Å²) in [5.74, 6) is 0. The van der Waals surface area contributed by atoms with E-state index in [1.165, 1.54) is 37.7 Å². The Hall–Kier alpha value is -1.04. The molecule has 15 heavy (non-hydrogen) atoms. The van der Waals surface area contributed by atoms with Gasteiger partial charge in [0.1, 0.15) is 0 Å². The first-order valence-corrected chi connectivity index (χ1v) is 5.85. The second-order valence-electron chi connectivity index (χ2n) is 3.80. The van der Waals surface area contributed by atoms with E-state index in [0.29, 0.717) is 0 Å². The topological polar surface area (TPSA) is 0 Å². The van der Waals surface area contributed by atoms with Crippen molar-refractivity contribution in [2.75, 3.05) is 0 Å². The van der Waals surface area contributed by atoms with Crippen LogP contribution in [0.5, 0.6) is 0 Å². The van der Waals surface area contributed by atoms with Crippen molar-refractivity contribution in [2.24, 2.45) is 0 Å². The van der Waals surface area contributed by atoms with Crippen molar-refractivity contribution in [2.45, 2.75) is 38.5 Å². The van der Waals surface area contributed by atoms with Crippen molar-refractivity contribution >= 4 is 6.08 Å². The van der Waals surface area contributed by atoms with Crippen molar-refractivity contribution in [3.8, 4) is 0 Å². The van der Waals surface area contributed by atoms with E-state index in [0.717, 1.165) is 6.42 Å². The summed E-state index contributed by atoms with van der Waals surface area (Å²) >= 11 is 0. The van der Waals surface area contributed by atoms with Crippen LogP contribution in [-0.2, 0) is 0 Å². The predicted molar refractivity (Wildman–Crippen MR) is 67.5 cm³/mol. The summed E-state index contributed by atoms with van der Waals surface area (Å²) in [5.41, 5.74) is 1.29. The van der Waals surface area contributed by atoms with Gasteiger partial charge in [0.15, 0.2) is 0 Å². The first-order valence-electron chi connectivity index (χ1n) is 5.85. The van der Waals surface area contributed by atoms with Gasteiger partial charge in [0, 0.05) is 0 Å². The lowest BCUT2D eigenvalue weighted by molar-refractivity contribution is 0.652. The van der Waals surface area contributed by atoms with Crippen LogP contribution in [0.3, 0.4) is 0 Å². The maximum absolute atomic E-state index is 5.43. The molecule has 0 heteroatoms. The van der Waals surface area contributed by atoms with Gasteiger partial charge >= 0.3 is 0 Å². The van der Waals surface area contributed by atoms with Gasteiger partial charge in [-0.2, -0.15) is 0 Å². The second kappa shape index (κ2) is 8.28. The quantitative estimate of drug-likeness (QED) is 0.557. The number of hydrogen-bond acceptors (Lipinski definition) is 0. The Kier molecular flexibility index (Phi) is 6.64. The van der Waals surface area contributed by atoms with Crippen LogP contribution >= 0.6 is 0 Å². The Labute approximate surface area is 94.0 Å². The molecular formula is C15H20. The third kappa shape index (κ3) is 6.11. The molecule has 0 bridgehead atoms. The van der Waals surface area contributed by atoms with Gasteiger partial charge in [-0.1, -0.05) is 61.7 Å². The van der Waals surface area contributed by atoms with E-state index in [9.17, 15) is 0 Å². The first-order chi connectivity index (χ1) is 7.43. The fraction of sp³-hybridized carbons (Fsp3) is 0.400. The van der Waals surface area contributed by atoms with Crippen LogP contribution in [0.2, 0.25) is 0 Å². The lowest BCUT2D eigenvalue weighted by atomic mass is 10.1. The molecule has 0 aromatic heterocycles. The molecule has 1 aromatic rings. The van der Waals surface area contributed by atoms with Crippen molar-refractivity contribution < 1.29 is 0 Å². The fourth-order valence-electron chi connectivity index (χ4n) is 1.54. The number of allylic oxidation sites excluding steroid dienone is 1. The average molecular weight is 200 g/mol. The third-order valence-electron chi connectivity index (χ3n) is 2.43. The highest BCUT2D eigenvalue weighted by atomic mass is 13.9. The molecule has 1 rings (SSSR count). The smallest absolute Gasteiger partial charge is 0.0260 e. The molecule has 80 valence electrons. The lowest BCUT2D eigenvalue weighted by Crippen LogP contribution is -1.76. The molecule has 0 aliphatic heterocycles. The van der Waals surface area contributed by atoms with Gasteiger partial charge in [0.05, 0.1) is 0 Å². The van der Waals surface area contributed by atoms with E-state index < -0.39 is 0 Å². The van der Waals surface area contributed by atoms with E-state index in [1.54, 1.807) is 0 Å². The summed E-state index contributed by atoms with van der Waals surface area (Å²) < 4.78 is 0. The minimum atomic E-state index is 0.833. The zero-order valence-electron chi connectivity index (χ0n) is 9.36. The fourth-order valence-corrected chi connectivity index (χ4v) is 1.54. The molecule has 0 aliphatic rings. The van der Waals surface area contributed by atoms with E-state index >= 15 is 0 Å². The van der Waals surface area contributed by atoms with Gasteiger partial charge < -0.3 is 0 Å². The van der Waals surface area contributed by atoms with Crippen molar-refractivity contribution in [1.82, 2.24) is 0 Å². The zero-order valence-corrected chi connectivity index (χ0v) is 9.36. The largest absolute Gasteiger partial charge is 0.0839 e. The molecule has 0 saturated carbocycles. The van der Waals surface area contributed by atoms with Crippen LogP contribution in [0, 0.1) is 6.92 Å². The predicted octanol–water partition coefficient (Wildman–Crippen LogP) is 4.75. The number of rotatable bonds is 7. The maximum atomic E-state index is 5.43. The maximum Gasteiger partial charge on any atom is -0.0260 e. The van der Waals surface area contributed by atoms with Gasteiger partial charge in [0.25, 0.3) is 0 Å². The monoisotopic (exact) mass is 200 g/mol. The van der Waals surface area contributed by atoms with Gasteiger partial charge in [-0.15, -0.1) is 0 Å². The van der Waals surface area contributed by atoms with Gasteiger partial charge in [-0.05, 0) is 31.7 Å². The summed E-state index contributed by atoms with van der Waals surface area (Å²) in [6.07, 6.45) is 11.5. The van der Waals surface area contributed by atoms with Gasteiger partial charge in [0.2, 0.25) is 0 Å². The molecule has 0 heterocycles. The Bertz CT molecular complexity index is 259. The molecule has 0 unspecified atom stereocenters. The van der Waals surface area contributed by atoms with E-state index in [4.69, 9.17) is 6.92 Å². The van der Waals surface area contributed by atoms with Gasteiger partial charge in [-0.3, -0.25) is 0 Å². The Morgan fingerprint density at radius 1 is 0.933 bits per heavy atom. The summed E-state index contributed by atoms with van der Waals surface area (Å²) in [6, 6.07) is 10.4. The van der Waals surface area contributed by atoms with Gasteiger partial charge in [-0.25, -0.2) is 0 Å². The second-order valence-corrected chi connectivity index (χ2v) is 3.80. The highest BCUT2D eigenvalue weighted by molar-refractivity contribution is 5.48. The normalized spacial score (nSPS) is 11.0. The van der Waals surface area contributed by atoms with Crippen molar-refractivity contribution in [3.05, 3.63) is 48.9 Å². The molecule has 0 N–H and O–H groups in total. The SMILES string of the molecule is [CH]CCCCCCC=Cc1ccccc1. The van der Waals surface area contributed by atoms with Crippen LogP contribution in [-0.4, -0.2) is 0 Å². The van der Waals surface area contributed by atoms with Crippen LogP contribution in [0.1, 0.15) is 44.1 Å². The van der Waals surface area contributed by atoms with Crippen LogP contribution in [0.15, 0.2) is 36.4 Å². The summed E-state index contributed by atoms with van der Waals surface area (Å²) in [6.45, 7) is 5.43. The summed E-state index contributed by atoms with van der Waals surface area (Å²) in [5, 5.41) is 0. The molecule has 0 aliphatic carbocycles. The molecule has 0 atom stereocenters. The van der Waals surface area contributed by atoms with Crippen LogP contribution in [0.25, 0.3) is 6.08 Å². The van der Waals surface area contributed by atoms with Crippen molar-refractivity contribution in [3.63, 3.8) is 0 Å². The van der Waals surface area contributed by atoms with E-state index in [-0.39, 0.29) is 0 Å². The molecular weight excluding hydrogens is 180 g/mol. The standard InChI is InChI=1S/C15H20/c1-2-3-4-5-6-7-9-12-15-13-10-8-11-14-15/h1,8-14H,2-7H2. The number of benzene rings is 1. The molecule has 0 fully saturated rings. The highest BCUT2D eigenvalue weighted by Crippen LogP contribution is 2.07. The van der Waals surface area contributed by atoms with Crippen LogP contribution < -0.4 is 0 Å². The van der Waals surface area contributed by atoms with E-state index in [1.807, 2.05) is 6.07 Å². The molecule has 2 radical (unpaired) electrons.